The van der Waals surface area contributed by atoms with Gasteiger partial charge in [0, 0.05) is 5.39 Å². The molecule has 1 amide bonds. The molecular weight excluding hydrogens is 404 g/mol. The molecule has 3 aromatic carbocycles. The molecule has 4 unspecified atom stereocenters. The van der Waals surface area contributed by atoms with Gasteiger partial charge in [-0.2, -0.15) is 0 Å². The Morgan fingerprint density at radius 1 is 0.906 bits per heavy atom. The number of carbonyl (C=O) groups excluding carboxylic acids is 1. The van der Waals surface area contributed by atoms with Crippen molar-refractivity contribution in [1.29, 1.82) is 0 Å². The summed E-state index contributed by atoms with van der Waals surface area (Å²) < 4.78 is 17.6. The lowest BCUT2D eigenvalue weighted by molar-refractivity contribution is 0.00858. The molecule has 3 aromatic rings. The van der Waals surface area contributed by atoms with Crippen LogP contribution < -0.4 is 10.6 Å². The second-order valence-corrected chi connectivity index (χ2v) is 8.34. The van der Waals surface area contributed by atoms with E-state index >= 15 is 0 Å². The first kappa shape index (κ1) is 20.9. The highest BCUT2D eigenvalue weighted by atomic mass is 16.6. The Hall–Kier alpha value is -2.93. The number of amides is 1. The van der Waals surface area contributed by atoms with Gasteiger partial charge in [0.15, 0.2) is 6.10 Å². The second kappa shape index (κ2) is 9.69. The molecule has 4 atom stereocenters. The lowest BCUT2D eigenvalue weighted by Crippen LogP contribution is -2.42. The zero-order chi connectivity index (χ0) is 21.8. The van der Waals surface area contributed by atoms with Crippen molar-refractivity contribution in [3.05, 3.63) is 78.4 Å². The van der Waals surface area contributed by atoms with Gasteiger partial charge in [0.05, 0.1) is 24.9 Å². The smallest absolute Gasteiger partial charge is 0.412 e. The van der Waals surface area contributed by atoms with E-state index in [1.807, 2.05) is 48.5 Å². The van der Waals surface area contributed by atoms with Gasteiger partial charge in [-0.05, 0) is 36.4 Å². The van der Waals surface area contributed by atoms with Crippen molar-refractivity contribution in [2.45, 2.75) is 37.2 Å². The quantitative estimate of drug-likeness (QED) is 0.549. The SMILES string of the molecule is O=C(Nc1cccc2ccccc12)OC1COC2C(NCCCc3ccccc3)COC12. The van der Waals surface area contributed by atoms with Crippen molar-refractivity contribution < 1.29 is 19.0 Å². The van der Waals surface area contributed by atoms with Crippen LogP contribution in [-0.4, -0.2) is 50.2 Å². The van der Waals surface area contributed by atoms with Crippen LogP contribution >= 0.6 is 0 Å². The van der Waals surface area contributed by atoms with Gasteiger partial charge in [-0.15, -0.1) is 0 Å². The molecule has 2 N–H and O–H groups in total. The summed E-state index contributed by atoms with van der Waals surface area (Å²) in [6, 6.07) is 24.3. The van der Waals surface area contributed by atoms with Crippen LogP contribution in [0.1, 0.15) is 12.0 Å². The summed E-state index contributed by atoms with van der Waals surface area (Å²) >= 11 is 0. The number of ether oxygens (including phenoxy) is 3. The molecule has 6 heteroatoms. The molecular formula is C26H28N2O4. The van der Waals surface area contributed by atoms with Gasteiger partial charge < -0.3 is 19.5 Å². The minimum Gasteiger partial charge on any atom is -0.441 e. The molecule has 5 rings (SSSR count). The van der Waals surface area contributed by atoms with Crippen LogP contribution in [0.4, 0.5) is 10.5 Å². The zero-order valence-electron chi connectivity index (χ0n) is 17.9. The largest absolute Gasteiger partial charge is 0.441 e. The lowest BCUT2D eigenvalue weighted by atomic mass is 10.1. The Morgan fingerprint density at radius 3 is 2.59 bits per heavy atom. The highest BCUT2D eigenvalue weighted by Gasteiger charge is 2.49. The maximum absolute atomic E-state index is 12.6. The van der Waals surface area contributed by atoms with Crippen LogP contribution in [0.25, 0.3) is 10.8 Å². The average molecular weight is 433 g/mol. The predicted octanol–water partition coefficient (Wildman–Crippen LogP) is 4.15. The maximum Gasteiger partial charge on any atom is 0.412 e. The summed E-state index contributed by atoms with van der Waals surface area (Å²) in [6.07, 6.45) is 0.855. The number of carbonyl (C=O) groups is 1. The second-order valence-electron chi connectivity index (χ2n) is 8.34. The first-order valence-electron chi connectivity index (χ1n) is 11.2. The Balaban J connectivity index is 1.11. The van der Waals surface area contributed by atoms with Crippen molar-refractivity contribution in [2.24, 2.45) is 0 Å². The number of rotatable bonds is 7. The minimum atomic E-state index is -0.488. The fraction of sp³-hybridized carbons (Fsp3) is 0.346. The highest BCUT2D eigenvalue weighted by molar-refractivity contribution is 6.00. The summed E-state index contributed by atoms with van der Waals surface area (Å²) in [5.74, 6) is 0. The van der Waals surface area contributed by atoms with Crippen LogP contribution in [0.2, 0.25) is 0 Å². The normalized spacial score (nSPS) is 24.4. The lowest BCUT2D eigenvalue weighted by Gasteiger charge is -2.18. The summed E-state index contributed by atoms with van der Waals surface area (Å²) in [4.78, 5) is 12.6. The van der Waals surface area contributed by atoms with E-state index in [9.17, 15) is 4.79 Å². The molecule has 2 aliphatic heterocycles. The molecule has 0 radical (unpaired) electrons. The molecule has 2 fully saturated rings. The van der Waals surface area contributed by atoms with E-state index in [4.69, 9.17) is 14.2 Å². The van der Waals surface area contributed by atoms with Gasteiger partial charge in [-0.3, -0.25) is 5.32 Å². The van der Waals surface area contributed by atoms with E-state index in [0.29, 0.717) is 13.2 Å². The standard InChI is InChI=1S/C26H28N2O4/c29-26(28-21-14-6-12-19-11-4-5-13-20(19)21)32-23-17-31-24-22(16-30-25(23)24)27-15-7-10-18-8-2-1-3-9-18/h1-6,8-9,11-14,22-25,27H,7,10,15-17H2,(H,28,29). The molecule has 0 saturated carbocycles. The molecule has 0 aliphatic carbocycles. The van der Waals surface area contributed by atoms with E-state index in [-0.39, 0.29) is 18.2 Å². The van der Waals surface area contributed by atoms with Crippen LogP contribution in [0, 0.1) is 0 Å². The van der Waals surface area contributed by atoms with Crippen molar-refractivity contribution in [2.75, 3.05) is 25.1 Å². The summed E-state index contributed by atoms with van der Waals surface area (Å²) in [5, 5.41) is 8.46. The van der Waals surface area contributed by atoms with Gasteiger partial charge in [0.25, 0.3) is 0 Å². The summed E-state index contributed by atoms with van der Waals surface area (Å²) in [5.41, 5.74) is 2.08. The summed E-state index contributed by atoms with van der Waals surface area (Å²) in [6.45, 7) is 1.80. The van der Waals surface area contributed by atoms with Crippen LogP contribution in [0.3, 0.4) is 0 Å². The predicted molar refractivity (Wildman–Crippen MR) is 124 cm³/mol. The molecule has 166 valence electrons. The molecule has 0 spiro atoms. The van der Waals surface area contributed by atoms with Gasteiger partial charge in [-0.25, -0.2) is 4.79 Å². The Morgan fingerprint density at radius 2 is 1.69 bits per heavy atom. The molecule has 6 nitrogen and oxygen atoms in total. The Bertz CT molecular complexity index is 1050. The van der Waals surface area contributed by atoms with E-state index in [1.165, 1.54) is 5.56 Å². The fourth-order valence-electron chi connectivity index (χ4n) is 4.58. The Labute approximate surface area is 187 Å². The van der Waals surface area contributed by atoms with Crippen LogP contribution in [0.5, 0.6) is 0 Å². The number of hydrogen-bond donors (Lipinski definition) is 2. The minimum absolute atomic E-state index is 0.0953. The fourth-order valence-corrected chi connectivity index (χ4v) is 4.58. The molecule has 0 bridgehead atoms. The van der Waals surface area contributed by atoms with Gasteiger partial charge in [0.1, 0.15) is 12.2 Å². The van der Waals surface area contributed by atoms with Crippen LogP contribution in [-0.2, 0) is 20.6 Å². The number of hydrogen-bond acceptors (Lipinski definition) is 5. The first-order valence-corrected chi connectivity index (χ1v) is 11.2. The van der Waals surface area contributed by atoms with Crippen molar-refractivity contribution >= 4 is 22.6 Å². The molecule has 32 heavy (non-hydrogen) atoms. The number of fused-ring (bicyclic) bond motifs is 2. The first-order chi connectivity index (χ1) is 15.8. The molecule has 2 heterocycles. The number of benzene rings is 3. The van der Waals surface area contributed by atoms with Crippen molar-refractivity contribution in [1.82, 2.24) is 5.32 Å². The average Bonchev–Trinajstić information content (AvgIpc) is 3.41. The number of anilines is 1. The van der Waals surface area contributed by atoms with Crippen LogP contribution in [0.15, 0.2) is 72.8 Å². The highest BCUT2D eigenvalue weighted by Crippen LogP contribution is 2.30. The number of aryl methyl sites for hydroxylation is 1. The van der Waals surface area contributed by atoms with Gasteiger partial charge in [-0.1, -0.05) is 66.7 Å². The summed E-state index contributed by atoms with van der Waals surface area (Å²) in [7, 11) is 0. The third kappa shape index (κ3) is 4.63. The zero-order valence-corrected chi connectivity index (χ0v) is 17.9. The van der Waals surface area contributed by atoms with Crippen molar-refractivity contribution in [3.63, 3.8) is 0 Å². The van der Waals surface area contributed by atoms with Gasteiger partial charge >= 0.3 is 6.09 Å². The monoisotopic (exact) mass is 432 g/mol. The Kier molecular flexibility index (Phi) is 6.34. The molecule has 2 aliphatic rings. The maximum atomic E-state index is 12.6. The molecule has 0 aromatic heterocycles. The van der Waals surface area contributed by atoms with E-state index in [0.717, 1.165) is 35.8 Å². The van der Waals surface area contributed by atoms with E-state index in [2.05, 4.69) is 34.9 Å². The van der Waals surface area contributed by atoms with Gasteiger partial charge in [0.2, 0.25) is 0 Å². The van der Waals surface area contributed by atoms with E-state index < -0.39 is 12.2 Å². The number of nitrogens with one attached hydrogen (secondary N) is 2. The van der Waals surface area contributed by atoms with E-state index in [1.54, 1.807) is 0 Å². The third-order valence-corrected chi connectivity index (χ3v) is 6.18. The topological polar surface area (TPSA) is 68.8 Å². The third-order valence-electron chi connectivity index (χ3n) is 6.18. The molecule has 2 saturated heterocycles. The van der Waals surface area contributed by atoms with Crippen molar-refractivity contribution in [3.8, 4) is 0 Å².